The minimum Gasteiger partial charge on any atom is -0.391 e. The zero-order chi connectivity index (χ0) is 21.5. The van der Waals surface area contributed by atoms with E-state index in [-0.39, 0.29) is 6.04 Å². The summed E-state index contributed by atoms with van der Waals surface area (Å²) in [5, 5.41) is 10.8. The van der Waals surface area contributed by atoms with E-state index in [1.54, 1.807) is 24.3 Å². The number of fused-ring (bicyclic) bond motifs is 2. The molecule has 2 aliphatic heterocycles. The third-order valence-electron chi connectivity index (χ3n) is 7.08. The SMILES string of the molecule is O=S(=O)(c1ccccc1)C1CC2(c3ccccc3)C(O)CCC1N2Cc1ccccc1. The molecule has 2 saturated heterocycles. The van der Waals surface area contributed by atoms with Crippen LogP contribution in [0.4, 0.5) is 0 Å². The van der Waals surface area contributed by atoms with E-state index in [4.69, 9.17) is 0 Å². The van der Waals surface area contributed by atoms with E-state index in [0.29, 0.717) is 30.7 Å². The van der Waals surface area contributed by atoms with Gasteiger partial charge in [0.05, 0.1) is 21.8 Å². The van der Waals surface area contributed by atoms with Gasteiger partial charge >= 0.3 is 0 Å². The highest BCUT2D eigenvalue weighted by atomic mass is 32.2. The average Bonchev–Trinajstić information content (AvgIpc) is 3.05. The average molecular weight is 434 g/mol. The van der Waals surface area contributed by atoms with Crippen molar-refractivity contribution in [2.75, 3.05) is 0 Å². The zero-order valence-electron chi connectivity index (χ0n) is 17.3. The number of piperidine rings is 1. The number of nitrogens with zero attached hydrogens (tertiary/aromatic N) is 1. The van der Waals surface area contributed by atoms with Gasteiger partial charge < -0.3 is 5.11 Å². The Morgan fingerprint density at radius 2 is 1.42 bits per heavy atom. The van der Waals surface area contributed by atoms with Gasteiger partial charge in [-0.3, -0.25) is 4.90 Å². The summed E-state index contributed by atoms with van der Waals surface area (Å²) < 4.78 is 27.5. The highest BCUT2D eigenvalue weighted by Crippen LogP contribution is 2.53. The van der Waals surface area contributed by atoms with Crippen molar-refractivity contribution in [1.29, 1.82) is 0 Å². The van der Waals surface area contributed by atoms with Crippen LogP contribution in [0.2, 0.25) is 0 Å². The fourth-order valence-corrected chi connectivity index (χ4v) is 7.69. The van der Waals surface area contributed by atoms with Crippen LogP contribution in [0.3, 0.4) is 0 Å². The number of aliphatic hydroxyl groups is 1. The van der Waals surface area contributed by atoms with Crippen molar-refractivity contribution in [2.24, 2.45) is 0 Å². The molecule has 0 spiro atoms. The summed E-state index contributed by atoms with van der Waals surface area (Å²) in [5.41, 5.74) is 1.40. The fraction of sp³-hybridized carbons (Fsp3) is 0.308. The molecular weight excluding hydrogens is 406 g/mol. The largest absolute Gasteiger partial charge is 0.391 e. The lowest BCUT2D eigenvalue weighted by Crippen LogP contribution is -2.56. The van der Waals surface area contributed by atoms with Crippen LogP contribution in [0.5, 0.6) is 0 Å². The summed E-state index contributed by atoms with van der Waals surface area (Å²) in [4.78, 5) is 2.64. The van der Waals surface area contributed by atoms with Gasteiger partial charge in [0.25, 0.3) is 0 Å². The first-order valence-electron chi connectivity index (χ1n) is 10.9. The van der Waals surface area contributed by atoms with E-state index in [2.05, 4.69) is 17.0 Å². The number of aliphatic hydroxyl groups excluding tert-OH is 1. The number of hydrogen-bond acceptors (Lipinski definition) is 4. The molecule has 1 N–H and O–H groups in total. The molecule has 0 saturated carbocycles. The Kier molecular flexibility index (Phi) is 5.21. The predicted octanol–water partition coefficient (Wildman–Crippen LogP) is 4.15. The minimum absolute atomic E-state index is 0.144. The van der Waals surface area contributed by atoms with Crippen LogP contribution < -0.4 is 0 Å². The Labute approximate surface area is 184 Å². The van der Waals surface area contributed by atoms with E-state index in [9.17, 15) is 13.5 Å². The first kappa shape index (κ1) is 20.4. The summed E-state index contributed by atoms with van der Waals surface area (Å²) in [6.45, 7) is 0.609. The summed E-state index contributed by atoms with van der Waals surface area (Å²) in [7, 11) is -3.54. The van der Waals surface area contributed by atoms with Gasteiger partial charge in [-0.1, -0.05) is 78.9 Å². The van der Waals surface area contributed by atoms with Crippen molar-refractivity contribution in [1.82, 2.24) is 4.90 Å². The monoisotopic (exact) mass is 433 g/mol. The van der Waals surface area contributed by atoms with Gasteiger partial charge in [0.15, 0.2) is 9.84 Å². The smallest absolute Gasteiger partial charge is 0.182 e. The van der Waals surface area contributed by atoms with Gasteiger partial charge in [-0.05, 0) is 42.5 Å². The van der Waals surface area contributed by atoms with E-state index in [1.165, 1.54) is 0 Å². The van der Waals surface area contributed by atoms with Gasteiger partial charge in [0, 0.05) is 12.6 Å². The Bertz CT molecular complexity index is 1140. The zero-order valence-corrected chi connectivity index (χ0v) is 18.2. The molecule has 0 amide bonds. The molecule has 2 heterocycles. The summed E-state index contributed by atoms with van der Waals surface area (Å²) in [6.07, 6.45) is 1.04. The quantitative estimate of drug-likeness (QED) is 0.657. The standard InChI is InChI=1S/C26H27NO3S/c28-25-17-16-23-24(31(29,30)22-14-8-3-9-15-22)18-26(25,21-12-6-2-7-13-21)27(23)19-20-10-4-1-5-11-20/h1-15,23-25,28H,16-19H2. The highest BCUT2D eigenvalue weighted by Gasteiger charge is 2.61. The lowest BCUT2D eigenvalue weighted by atomic mass is 9.79. The number of rotatable bonds is 5. The van der Waals surface area contributed by atoms with E-state index >= 15 is 0 Å². The Morgan fingerprint density at radius 3 is 2.06 bits per heavy atom. The van der Waals surface area contributed by atoms with E-state index in [0.717, 1.165) is 11.1 Å². The third kappa shape index (κ3) is 3.32. The van der Waals surface area contributed by atoms with Crippen molar-refractivity contribution in [2.45, 2.75) is 53.6 Å². The number of benzene rings is 3. The van der Waals surface area contributed by atoms with Crippen LogP contribution in [0.25, 0.3) is 0 Å². The second-order valence-corrected chi connectivity index (χ2v) is 10.8. The van der Waals surface area contributed by atoms with Crippen molar-refractivity contribution in [3.05, 3.63) is 102 Å². The lowest BCUT2D eigenvalue weighted by molar-refractivity contribution is -0.0665. The molecule has 2 fully saturated rings. The Balaban J connectivity index is 1.64. The van der Waals surface area contributed by atoms with Gasteiger partial charge in [-0.25, -0.2) is 8.42 Å². The first-order valence-corrected chi connectivity index (χ1v) is 12.4. The lowest BCUT2D eigenvalue weighted by Gasteiger charge is -2.48. The molecule has 4 nitrogen and oxygen atoms in total. The summed E-state index contributed by atoms with van der Waals surface area (Å²) >= 11 is 0. The van der Waals surface area contributed by atoms with Gasteiger partial charge in [-0.15, -0.1) is 0 Å². The number of hydrogen-bond donors (Lipinski definition) is 1. The second-order valence-electron chi connectivity index (χ2n) is 8.66. The van der Waals surface area contributed by atoms with Gasteiger partial charge in [-0.2, -0.15) is 0 Å². The number of sulfone groups is 1. The predicted molar refractivity (Wildman–Crippen MR) is 121 cm³/mol. The summed E-state index contributed by atoms with van der Waals surface area (Å²) in [6, 6.07) is 28.7. The van der Waals surface area contributed by atoms with Gasteiger partial charge in [0.2, 0.25) is 0 Å². The normalized spacial score (nSPS) is 28.5. The third-order valence-corrected chi connectivity index (χ3v) is 9.29. The van der Waals surface area contributed by atoms with Crippen molar-refractivity contribution in [3.63, 3.8) is 0 Å². The molecule has 4 unspecified atom stereocenters. The van der Waals surface area contributed by atoms with Crippen LogP contribution in [-0.4, -0.2) is 35.8 Å². The maximum Gasteiger partial charge on any atom is 0.182 e. The fourth-order valence-electron chi connectivity index (χ4n) is 5.64. The molecule has 5 rings (SSSR count). The molecule has 4 atom stereocenters. The summed E-state index contributed by atoms with van der Waals surface area (Å²) in [5.74, 6) is 0. The Hall–Kier alpha value is -2.47. The molecular formula is C26H27NO3S. The maximum absolute atomic E-state index is 13.7. The maximum atomic E-state index is 13.7. The van der Waals surface area contributed by atoms with Crippen LogP contribution in [0.15, 0.2) is 95.9 Å². The van der Waals surface area contributed by atoms with Crippen LogP contribution in [-0.2, 0) is 21.9 Å². The van der Waals surface area contributed by atoms with E-state index in [1.807, 2.05) is 54.6 Å². The molecule has 3 aromatic carbocycles. The molecule has 160 valence electrons. The topological polar surface area (TPSA) is 57.6 Å². The first-order chi connectivity index (χ1) is 15.0. The van der Waals surface area contributed by atoms with Crippen molar-refractivity contribution >= 4 is 9.84 Å². The minimum atomic E-state index is -3.54. The molecule has 31 heavy (non-hydrogen) atoms. The van der Waals surface area contributed by atoms with E-state index < -0.39 is 26.7 Å². The Morgan fingerprint density at radius 1 is 0.839 bits per heavy atom. The molecule has 0 aromatic heterocycles. The molecule has 3 aromatic rings. The van der Waals surface area contributed by atoms with Crippen LogP contribution in [0, 0.1) is 0 Å². The second kappa shape index (κ2) is 7.90. The highest BCUT2D eigenvalue weighted by molar-refractivity contribution is 7.92. The van der Waals surface area contributed by atoms with Crippen molar-refractivity contribution in [3.8, 4) is 0 Å². The molecule has 0 radical (unpaired) electrons. The molecule has 2 aliphatic rings. The molecule has 5 heteroatoms. The molecule has 2 bridgehead atoms. The van der Waals surface area contributed by atoms with Crippen LogP contribution in [0.1, 0.15) is 30.4 Å². The van der Waals surface area contributed by atoms with Gasteiger partial charge in [0.1, 0.15) is 0 Å². The van der Waals surface area contributed by atoms with Crippen LogP contribution >= 0.6 is 0 Å². The van der Waals surface area contributed by atoms with Crippen molar-refractivity contribution < 1.29 is 13.5 Å². The molecule has 0 aliphatic carbocycles.